The molecule has 0 saturated carbocycles. The van der Waals surface area contributed by atoms with Crippen LogP contribution in [0.1, 0.15) is 53.0 Å². The third-order valence-electron chi connectivity index (χ3n) is 7.47. The van der Waals surface area contributed by atoms with E-state index in [1.165, 1.54) is 27.8 Å². The number of hydrogen-bond acceptors (Lipinski definition) is 3. The van der Waals surface area contributed by atoms with Crippen molar-refractivity contribution in [1.29, 1.82) is 0 Å². The quantitative estimate of drug-likeness (QED) is 0.187. The topological polar surface area (TPSA) is 30.5 Å². The van der Waals surface area contributed by atoms with Crippen molar-refractivity contribution < 1.29 is 9.47 Å². The molecule has 0 spiro atoms. The van der Waals surface area contributed by atoms with E-state index in [1.807, 2.05) is 0 Å². The Kier molecular flexibility index (Phi) is 10.1. The number of aryl methyl sites for hydroxylation is 1. The van der Waals surface area contributed by atoms with E-state index in [0.717, 1.165) is 62.6 Å². The van der Waals surface area contributed by atoms with Gasteiger partial charge in [-0.15, -0.1) is 0 Å². The molecule has 2 atom stereocenters. The lowest BCUT2D eigenvalue weighted by Crippen LogP contribution is -2.21. The molecule has 4 aromatic carbocycles. The van der Waals surface area contributed by atoms with Gasteiger partial charge in [-0.3, -0.25) is 0 Å². The van der Waals surface area contributed by atoms with E-state index in [0.29, 0.717) is 12.5 Å². The molecule has 3 nitrogen and oxygen atoms in total. The van der Waals surface area contributed by atoms with Crippen LogP contribution in [0.4, 0.5) is 0 Å². The fourth-order valence-corrected chi connectivity index (χ4v) is 5.46. The summed E-state index contributed by atoms with van der Waals surface area (Å²) in [5, 5.41) is 4.51. The summed E-state index contributed by atoms with van der Waals surface area (Å²) in [6.45, 7) is 3.33. The summed E-state index contributed by atoms with van der Waals surface area (Å²) >= 11 is 6.62. The summed E-state index contributed by atoms with van der Waals surface area (Å²) in [6.07, 6.45) is 5.25. The lowest BCUT2D eigenvalue weighted by Gasteiger charge is -2.19. The van der Waals surface area contributed by atoms with Crippen molar-refractivity contribution in [2.24, 2.45) is 0 Å². The van der Waals surface area contributed by atoms with E-state index in [1.54, 1.807) is 0 Å². The van der Waals surface area contributed by atoms with Crippen LogP contribution in [-0.2, 0) is 24.1 Å². The third kappa shape index (κ3) is 8.44. The number of nitrogens with one attached hydrogen (secondary N) is 1. The van der Waals surface area contributed by atoms with E-state index >= 15 is 0 Å². The Labute approximate surface area is 238 Å². The standard InChI is InChI=1S/C35H38ClNO2/c36-35-19-16-27(22-32(35)23-28-14-17-33(18-15-28)39-34-20-21-38-26-34)10-7-13-31(30-11-5-2-6-12-30)25-37-24-29-8-3-1-4-9-29/h1-6,8-9,11-12,14-19,22,31,34,37H,7,10,13,20-21,23-26H2/t31?,34-/m0/s1. The number of hydrogen-bond donors (Lipinski definition) is 1. The van der Waals surface area contributed by atoms with Gasteiger partial charge < -0.3 is 14.8 Å². The van der Waals surface area contributed by atoms with Gasteiger partial charge in [-0.05, 0) is 77.6 Å². The first kappa shape index (κ1) is 27.5. The van der Waals surface area contributed by atoms with Crippen LogP contribution in [0.2, 0.25) is 5.02 Å². The molecule has 0 bridgehead atoms. The Hall–Kier alpha value is -3.11. The fourth-order valence-electron chi connectivity index (χ4n) is 5.27. The van der Waals surface area contributed by atoms with Gasteiger partial charge in [-0.1, -0.05) is 96.5 Å². The number of ether oxygens (including phenoxy) is 2. The van der Waals surface area contributed by atoms with Crippen molar-refractivity contribution in [1.82, 2.24) is 5.32 Å². The van der Waals surface area contributed by atoms with E-state index in [2.05, 4.69) is 108 Å². The maximum Gasteiger partial charge on any atom is 0.124 e. The zero-order valence-electron chi connectivity index (χ0n) is 22.5. The molecular formula is C35H38ClNO2. The molecule has 1 aliphatic heterocycles. The summed E-state index contributed by atoms with van der Waals surface area (Å²) in [4.78, 5) is 0. The van der Waals surface area contributed by atoms with Gasteiger partial charge in [0.05, 0.1) is 13.2 Å². The van der Waals surface area contributed by atoms with Gasteiger partial charge in [0.15, 0.2) is 0 Å². The molecule has 4 aromatic rings. The molecule has 1 unspecified atom stereocenters. The first-order chi connectivity index (χ1) is 19.2. The van der Waals surface area contributed by atoms with Crippen LogP contribution in [0.25, 0.3) is 0 Å². The predicted molar refractivity (Wildman–Crippen MR) is 161 cm³/mol. The maximum atomic E-state index is 6.62. The minimum Gasteiger partial charge on any atom is -0.488 e. The van der Waals surface area contributed by atoms with Gasteiger partial charge in [0.25, 0.3) is 0 Å². The van der Waals surface area contributed by atoms with Gasteiger partial charge in [0, 0.05) is 24.5 Å². The molecule has 0 aliphatic carbocycles. The molecule has 1 N–H and O–H groups in total. The molecule has 5 rings (SSSR count). The zero-order valence-corrected chi connectivity index (χ0v) is 23.3. The van der Waals surface area contributed by atoms with E-state index < -0.39 is 0 Å². The minimum atomic E-state index is 0.170. The van der Waals surface area contributed by atoms with Gasteiger partial charge in [0.2, 0.25) is 0 Å². The second kappa shape index (κ2) is 14.3. The molecule has 1 aliphatic rings. The third-order valence-corrected chi connectivity index (χ3v) is 7.84. The first-order valence-corrected chi connectivity index (χ1v) is 14.5. The van der Waals surface area contributed by atoms with Crippen LogP contribution in [0, 0.1) is 0 Å². The molecular weight excluding hydrogens is 502 g/mol. The average molecular weight is 540 g/mol. The fraction of sp³-hybridized carbons (Fsp3) is 0.314. The van der Waals surface area contributed by atoms with Gasteiger partial charge in [-0.25, -0.2) is 0 Å². The molecule has 1 heterocycles. The second-order valence-electron chi connectivity index (χ2n) is 10.5. The number of benzene rings is 4. The highest BCUT2D eigenvalue weighted by molar-refractivity contribution is 6.31. The van der Waals surface area contributed by atoms with E-state index in [4.69, 9.17) is 21.1 Å². The van der Waals surface area contributed by atoms with Crippen LogP contribution < -0.4 is 10.1 Å². The second-order valence-corrected chi connectivity index (χ2v) is 10.9. The Morgan fingerprint density at radius 3 is 2.33 bits per heavy atom. The lowest BCUT2D eigenvalue weighted by atomic mass is 9.92. The van der Waals surface area contributed by atoms with Crippen molar-refractivity contribution in [3.63, 3.8) is 0 Å². The SMILES string of the molecule is Clc1ccc(CCCC(CNCc2ccccc2)c2ccccc2)cc1Cc1ccc(O[C@H]2CCOC2)cc1. The minimum absolute atomic E-state index is 0.170. The van der Waals surface area contributed by atoms with Crippen molar-refractivity contribution >= 4 is 11.6 Å². The van der Waals surface area contributed by atoms with Gasteiger partial charge in [-0.2, -0.15) is 0 Å². The highest BCUT2D eigenvalue weighted by Gasteiger charge is 2.17. The Morgan fingerprint density at radius 2 is 1.59 bits per heavy atom. The number of rotatable bonds is 13. The Morgan fingerprint density at radius 1 is 0.846 bits per heavy atom. The highest BCUT2D eigenvalue weighted by atomic mass is 35.5. The molecule has 0 amide bonds. The summed E-state index contributed by atoms with van der Waals surface area (Å²) < 4.78 is 11.4. The summed E-state index contributed by atoms with van der Waals surface area (Å²) in [5.74, 6) is 1.39. The van der Waals surface area contributed by atoms with Crippen LogP contribution >= 0.6 is 11.6 Å². The van der Waals surface area contributed by atoms with Gasteiger partial charge >= 0.3 is 0 Å². The monoisotopic (exact) mass is 539 g/mol. The largest absolute Gasteiger partial charge is 0.488 e. The summed E-state index contributed by atoms with van der Waals surface area (Å²) in [7, 11) is 0. The first-order valence-electron chi connectivity index (χ1n) is 14.1. The Balaban J connectivity index is 1.15. The van der Waals surface area contributed by atoms with Crippen LogP contribution in [0.15, 0.2) is 103 Å². The maximum absolute atomic E-state index is 6.62. The van der Waals surface area contributed by atoms with Crippen molar-refractivity contribution in [3.05, 3.63) is 136 Å². The molecule has 0 radical (unpaired) electrons. The normalized spacial score (nSPS) is 15.8. The lowest BCUT2D eigenvalue weighted by molar-refractivity contribution is 0.141. The molecule has 1 saturated heterocycles. The van der Waals surface area contributed by atoms with Crippen LogP contribution in [0.5, 0.6) is 5.75 Å². The van der Waals surface area contributed by atoms with Crippen molar-refractivity contribution in [2.45, 2.75) is 50.7 Å². The summed E-state index contributed by atoms with van der Waals surface area (Å²) in [5.41, 5.74) is 6.49. The smallest absolute Gasteiger partial charge is 0.124 e. The predicted octanol–water partition coefficient (Wildman–Crippen LogP) is 7.99. The highest BCUT2D eigenvalue weighted by Crippen LogP contribution is 2.26. The van der Waals surface area contributed by atoms with Gasteiger partial charge in [0.1, 0.15) is 11.9 Å². The van der Waals surface area contributed by atoms with E-state index in [9.17, 15) is 0 Å². The number of halogens is 1. The molecule has 4 heteroatoms. The zero-order chi connectivity index (χ0) is 26.7. The van der Waals surface area contributed by atoms with E-state index in [-0.39, 0.29) is 6.10 Å². The Bertz CT molecular complexity index is 1270. The van der Waals surface area contributed by atoms with Crippen LogP contribution in [-0.4, -0.2) is 25.9 Å². The molecule has 0 aromatic heterocycles. The summed E-state index contributed by atoms with van der Waals surface area (Å²) in [6, 6.07) is 36.4. The van der Waals surface area contributed by atoms with Crippen molar-refractivity contribution in [2.75, 3.05) is 19.8 Å². The van der Waals surface area contributed by atoms with Crippen molar-refractivity contribution in [3.8, 4) is 5.75 Å². The molecule has 1 fully saturated rings. The van der Waals surface area contributed by atoms with Crippen LogP contribution in [0.3, 0.4) is 0 Å². The molecule has 202 valence electrons. The average Bonchev–Trinajstić information content (AvgIpc) is 3.49. The molecule has 39 heavy (non-hydrogen) atoms.